The highest BCUT2D eigenvalue weighted by Crippen LogP contribution is 2.25. The highest BCUT2D eigenvalue weighted by molar-refractivity contribution is 5.15. The SMILES string of the molecule is CCc1[c]nc(C(F)(F)F)nc1C. The topological polar surface area (TPSA) is 25.8 Å². The van der Waals surface area contributed by atoms with Gasteiger partial charge in [0.2, 0.25) is 5.82 Å². The third-order valence-corrected chi connectivity index (χ3v) is 1.61. The molecule has 0 unspecified atom stereocenters. The van der Waals surface area contributed by atoms with E-state index in [0.717, 1.165) is 0 Å². The van der Waals surface area contributed by atoms with Crippen molar-refractivity contribution >= 4 is 0 Å². The van der Waals surface area contributed by atoms with E-state index < -0.39 is 12.0 Å². The molecule has 1 radical (unpaired) electrons. The molecular weight excluding hydrogens is 181 g/mol. The van der Waals surface area contributed by atoms with Crippen molar-refractivity contribution in [2.75, 3.05) is 0 Å². The Hall–Kier alpha value is -1.13. The van der Waals surface area contributed by atoms with Gasteiger partial charge in [-0.05, 0) is 13.3 Å². The van der Waals surface area contributed by atoms with Gasteiger partial charge in [-0.25, -0.2) is 9.97 Å². The lowest BCUT2D eigenvalue weighted by Crippen LogP contribution is -2.12. The van der Waals surface area contributed by atoms with Crippen molar-refractivity contribution < 1.29 is 13.2 Å². The zero-order valence-corrected chi connectivity index (χ0v) is 7.24. The first-order chi connectivity index (χ1) is 5.95. The van der Waals surface area contributed by atoms with E-state index in [0.29, 0.717) is 17.7 Å². The molecule has 0 N–H and O–H groups in total. The fourth-order valence-corrected chi connectivity index (χ4v) is 0.914. The van der Waals surface area contributed by atoms with Gasteiger partial charge in [0, 0.05) is 11.3 Å². The van der Waals surface area contributed by atoms with Gasteiger partial charge in [0.15, 0.2) is 0 Å². The average molecular weight is 189 g/mol. The number of aromatic nitrogens is 2. The Morgan fingerprint density at radius 2 is 2.00 bits per heavy atom. The second-order valence-electron chi connectivity index (χ2n) is 2.57. The summed E-state index contributed by atoms with van der Waals surface area (Å²) in [6.07, 6.45) is -1.56. The molecule has 0 aliphatic rings. The van der Waals surface area contributed by atoms with Crippen molar-refractivity contribution in [2.45, 2.75) is 26.4 Å². The molecule has 0 spiro atoms. The minimum Gasteiger partial charge on any atom is -0.229 e. The van der Waals surface area contributed by atoms with Crippen LogP contribution in [0.4, 0.5) is 13.2 Å². The summed E-state index contributed by atoms with van der Waals surface area (Å²) in [5, 5.41) is 0. The van der Waals surface area contributed by atoms with Gasteiger partial charge in [0.1, 0.15) is 0 Å². The summed E-state index contributed by atoms with van der Waals surface area (Å²) in [7, 11) is 0. The van der Waals surface area contributed by atoms with E-state index in [2.05, 4.69) is 16.2 Å². The number of hydrogen-bond acceptors (Lipinski definition) is 2. The first-order valence-corrected chi connectivity index (χ1v) is 3.77. The number of rotatable bonds is 1. The maximum Gasteiger partial charge on any atom is 0.451 e. The normalized spacial score (nSPS) is 11.8. The third-order valence-electron chi connectivity index (χ3n) is 1.61. The number of nitrogens with zero attached hydrogens (tertiary/aromatic N) is 2. The van der Waals surface area contributed by atoms with Gasteiger partial charge >= 0.3 is 6.18 Å². The van der Waals surface area contributed by atoms with E-state index in [9.17, 15) is 13.2 Å². The van der Waals surface area contributed by atoms with Crippen LogP contribution in [0.15, 0.2) is 0 Å². The molecular formula is C8H8F3N2. The summed E-state index contributed by atoms with van der Waals surface area (Å²) < 4.78 is 36.2. The molecule has 13 heavy (non-hydrogen) atoms. The average Bonchev–Trinajstić information content (AvgIpc) is 2.02. The van der Waals surface area contributed by atoms with Crippen LogP contribution in [0, 0.1) is 13.1 Å². The van der Waals surface area contributed by atoms with Crippen LogP contribution >= 0.6 is 0 Å². The Morgan fingerprint density at radius 1 is 1.38 bits per heavy atom. The maximum atomic E-state index is 12.1. The standard InChI is InChI=1S/C8H8F3N2/c1-3-6-4-12-7(8(9,10)11)13-5(6)2/h3H2,1-2H3. The van der Waals surface area contributed by atoms with Gasteiger partial charge in [-0.3, -0.25) is 0 Å². The zero-order valence-electron chi connectivity index (χ0n) is 7.24. The second kappa shape index (κ2) is 3.32. The monoisotopic (exact) mass is 189 g/mol. The molecule has 0 aliphatic carbocycles. The van der Waals surface area contributed by atoms with Crippen LogP contribution in [0.25, 0.3) is 0 Å². The van der Waals surface area contributed by atoms with Crippen LogP contribution in [0.3, 0.4) is 0 Å². The molecule has 5 heteroatoms. The van der Waals surface area contributed by atoms with Crippen molar-refractivity contribution in [1.82, 2.24) is 9.97 Å². The molecule has 1 aromatic heterocycles. The molecule has 71 valence electrons. The van der Waals surface area contributed by atoms with E-state index in [1.165, 1.54) is 6.92 Å². The lowest BCUT2D eigenvalue weighted by atomic mass is 10.2. The molecule has 0 aromatic carbocycles. The molecule has 0 bridgehead atoms. The lowest BCUT2D eigenvalue weighted by molar-refractivity contribution is -0.145. The maximum absolute atomic E-state index is 12.1. The van der Waals surface area contributed by atoms with E-state index in [-0.39, 0.29) is 0 Å². The zero-order chi connectivity index (χ0) is 10.1. The van der Waals surface area contributed by atoms with Gasteiger partial charge in [0.25, 0.3) is 0 Å². The summed E-state index contributed by atoms with van der Waals surface area (Å²) in [6.45, 7) is 3.34. The van der Waals surface area contributed by atoms with Gasteiger partial charge in [0.05, 0.1) is 6.20 Å². The van der Waals surface area contributed by atoms with Gasteiger partial charge in [-0.15, -0.1) is 0 Å². The molecule has 0 saturated carbocycles. The van der Waals surface area contributed by atoms with E-state index in [4.69, 9.17) is 0 Å². The smallest absolute Gasteiger partial charge is 0.229 e. The first-order valence-electron chi connectivity index (χ1n) is 3.77. The summed E-state index contributed by atoms with van der Waals surface area (Å²) in [4.78, 5) is 6.47. The summed E-state index contributed by atoms with van der Waals surface area (Å²) in [6, 6.07) is 0. The molecule has 1 rings (SSSR count). The van der Waals surface area contributed by atoms with Crippen molar-refractivity contribution in [2.24, 2.45) is 0 Å². The van der Waals surface area contributed by atoms with E-state index >= 15 is 0 Å². The Balaban J connectivity index is 3.10. The van der Waals surface area contributed by atoms with Crippen LogP contribution in [0.1, 0.15) is 24.0 Å². The number of hydrogen-bond donors (Lipinski definition) is 0. The van der Waals surface area contributed by atoms with E-state index in [1.807, 2.05) is 6.92 Å². The molecule has 0 aliphatic heterocycles. The van der Waals surface area contributed by atoms with Crippen molar-refractivity contribution in [3.05, 3.63) is 23.3 Å². The molecule has 1 aromatic rings. The molecule has 0 amide bonds. The quantitative estimate of drug-likeness (QED) is 0.676. The molecule has 1 heterocycles. The Kier molecular flexibility index (Phi) is 2.54. The van der Waals surface area contributed by atoms with Crippen molar-refractivity contribution in [1.29, 1.82) is 0 Å². The predicted octanol–water partition coefficient (Wildman–Crippen LogP) is 2.17. The van der Waals surface area contributed by atoms with E-state index in [1.54, 1.807) is 0 Å². The number of aryl methyl sites for hydroxylation is 2. The highest BCUT2D eigenvalue weighted by atomic mass is 19.4. The van der Waals surface area contributed by atoms with Crippen molar-refractivity contribution in [3.8, 4) is 0 Å². The fraction of sp³-hybridized carbons (Fsp3) is 0.500. The Bertz CT molecular complexity index is 307. The van der Waals surface area contributed by atoms with Crippen LogP contribution in [-0.4, -0.2) is 9.97 Å². The fourth-order valence-electron chi connectivity index (χ4n) is 0.914. The third kappa shape index (κ3) is 2.17. The minimum atomic E-state index is -4.48. The minimum absolute atomic E-state index is 0.338. The van der Waals surface area contributed by atoms with Gasteiger partial charge in [-0.2, -0.15) is 13.2 Å². The van der Waals surface area contributed by atoms with Gasteiger partial charge in [-0.1, -0.05) is 6.92 Å². The Labute approximate surface area is 73.8 Å². The number of halogens is 3. The van der Waals surface area contributed by atoms with Gasteiger partial charge < -0.3 is 0 Å². The summed E-state index contributed by atoms with van der Waals surface area (Å²) >= 11 is 0. The highest BCUT2D eigenvalue weighted by Gasteiger charge is 2.34. The Morgan fingerprint density at radius 3 is 2.38 bits per heavy atom. The van der Waals surface area contributed by atoms with Crippen LogP contribution in [0.2, 0.25) is 0 Å². The second-order valence-corrected chi connectivity index (χ2v) is 2.57. The lowest BCUT2D eigenvalue weighted by Gasteiger charge is -2.06. The van der Waals surface area contributed by atoms with Crippen LogP contribution < -0.4 is 0 Å². The first kappa shape index (κ1) is 9.95. The number of alkyl halides is 3. The summed E-state index contributed by atoms with van der Waals surface area (Å²) in [5.41, 5.74) is 0.956. The van der Waals surface area contributed by atoms with Crippen molar-refractivity contribution in [3.63, 3.8) is 0 Å². The molecule has 0 fully saturated rings. The summed E-state index contributed by atoms with van der Waals surface area (Å²) in [5.74, 6) is -1.12. The predicted molar refractivity (Wildman–Crippen MR) is 40.0 cm³/mol. The van der Waals surface area contributed by atoms with Crippen LogP contribution in [-0.2, 0) is 12.6 Å². The largest absolute Gasteiger partial charge is 0.451 e. The molecule has 0 saturated heterocycles. The van der Waals surface area contributed by atoms with Crippen LogP contribution in [0.5, 0.6) is 0 Å². The molecule has 2 nitrogen and oxygen atoms in total. The molecule has 0 atom stereocenters.